The van der Waals surface area contributed by atoms with Crippen molar-refractivity contribution in [3.8, 4) is 0 Å². The highest BCUT2D eigenvalue weighted by Crippen LogP contribution is 2.33. The molecule has 1 aromatic carbocycles. The van der Waals surface area contributed by atoms with Crippen LogP contribution < -0.4 is 0 Å². The maximum atomic E-state index is 13.5. The number of ether oxygens (including phenoxy) is 1. The zero-order chi connectivity index (χ0) is 17.4. The van der Waals surface area contributed by atoms with Crippen molar-refractivity contribution >= 4 is 5.91 Å². The zero-order valence-electron chi connectivity index (χ0n) is 14.3. The van der Waals surface area contributed by atoms with Crippen molar-refractivity contribution in [1.29, 1.82) is 0 Å². The van der Waals surface area contributed by atoms with E-state index >= 15 is 0 Å². The van der Waals surface area contributed by atoms with Gasteiger partial charge in [-0.15, -0.1) is 0 Å². The lowest BCUT2D eigenvalue weighted by atomic mass is 9.96. The molecule has 5 nitrogen and oxygen atoms in total. The largest absolute Gasteiger partial charge is 0.384 e. The third-order valence-electron chi connectivity index (χ3n) is 4.93. The number of fused-ring (bicyclic) bond motifs is 1. The van der Waals surface area contributed by atoms with Gasteiger partial charge in [-0.2, -0.15) is 5.10 Å². The fraction of sp³-hybridized carbons (Fsp3) is 0.474. The van der Waals surface area contributed by atoms with Gasteiger partial charge in [0.05, 0.1) is 12.3 Å². The van der Waals surface area contributed by atoms with Crippen LogP contribution in [0.3, 0.4) is 0 Å². The monoisotopic (exact) mass is 343 g/mol. The third-order valence-corrected chi connectivity index (χ3v) is 4.93. The highest BCUT2D eigenvalue weighted by Gasteiger charge is 2.32. The molecule has 132 valence electrons. The predicted molar refractivity (Wildman–Crippen MR) is 90.7 cm³/mol. The van der Waals surface area contributed by atoms with Gasteiger partial charge in [-0.1, -0.05) is 6.07 Å². The second-order valence-corrected chi connectivity index (χ2v) is 7.05. The van der Waals surface area contributed by atoms with Crippen LogP contribution in [-0.4, -0.2) is 40.8 Å². The lowest BCUT2D eigenvalue weighted by Crippen LogP contribution is -2.39. The van der Waals surface area contributed by atoms with Crippen LogP contribution in [0.25, 0.3) is 0 Å². The van der Waals surface area contributed by atoms with E-state index in [1.165, 1.54) is 25.0 Å². The van der Waals surface area contributed by atoms with E-state index in [1.807, 2.05) is 4.68 Å². The number of methoxy groups -OCH3 is 1. The van der Waals surface area contributed by atoms with Crippen LogP contribution in [0.2, 0.25) is 0 Å². The lowest BCUT2D eigenvalue weighted by molar-refractivity contribution is 0.0678. The van der Waals surface area contributed by atoms with Crippen molar-refractivity contribution in [3.05, 3.63) is 53.1 Å². The molecule has 1 atom stereocenters. The summed E-state index contributed by atoms with van der Waals surface area (Å²) in [5, 5.41) is 4.75. The average Bonchev–Trinajstić information content (AvgIpc) is 3.31. The summed E-state index contributed by atoms with van der Waals surface area (Å²) >= 11 is 0. The molecule has 1 saturated carbocycles. The van der Waals surface area contributed by atoms with Gasteiger partial charge in [0.1, 0.15) is 5.82 Å². The molecular formula is C19H22FN3O2. The van der Waals surface area contributed by atoms with Crippen molar-refractivity contribution in [1.82, 2.24) is 14.7 Å². The first-order valence-electron chi connectivity index (χ1n) is 8.74. The number of aromatic nitrogens is 2. The molecule has 4 rings (SSSR count). The first-order chi connectivity index (χ1) is 12.1. The van der Waals surface area contributed by atoms with E-state index in [2.05, 4.69) is 6.20 Å². The third kappa shape index (κ3) is 3.44. The molecular weight excluding hydrogens is 321 g/mol. The van der Waals surface area contributed by atoms with Gasteiger partial charge in [0.25, 0.3) is 5.91 Å². The summed E-state index contributed by atoms with van der Waals surface area (Å²) < 4.78 is 20.8. The Hall–Kier alpha value is -2.21. The first kappa shape index (κ1) is 16.3. The fourth-order valence-electron chi connectivity index (χ4n) is 3.52. The summed E-state index contributed by atoms with van der Waals surface area (Å²) in [7, 11) is 1.66. The average molecular weight is 343 g/mol. The summed E-state index contributed by atoms with van der Waals surface area (Å²) in [5.74, 6) is 0.245. The molecule has 1 aliphatic carbocycles. The van der Waals surface area contributed by atoms with Crippen LogP contribution in [0, 0.1) is 11.7 Å². The minimum absolute atomic E-state index is 0.0479. The van der Waals surface area contributed by atoms with Crippen LogP contribution in [-0.2, 0) is 17.8 Å². The molecule has 0 spiro atoms. The molecule has 0 radical (unpaired) electrons. The Kier molecular flexibility index (Phi) is 4.29. The van der Waals surface area contributed by atoms with Crippen LogP contribution in [0.5, 0.6) is 0 Å². The Balaban J connectivity index is 1.58. The Morgan fingerprint density at radius 2 is 2.24 bits per heavy atom. The van der Waals surface area contributed by atoms with Crippen molar-refractivity contribution in [3.63, 3.8) is 0 Å². The quantitative estimate of drug-likeness (QED) is 0.839. The maximum absolute atomic E-state index is 13.5. The van der Waals surface area contributed by atoms with Gasteiger partial charge in [-0.05, 0) is 37.0 Å². The second-order valence-electron chi connectivity index (χ2n) is 7.05. The molecule has 2 aromatic rings. The van der Waals surface area contributed by atoms with Crippen molar-refractivity contribution < 1.29 is 13.9 Å². The van der Waals surface area contributed by atoms with Gasteiger partial charge in [-0.3, -0.25) is 9.48 Å². The normalized spacial score (nSPS) is 19.8. The lowest BCUT2D eigenvalue weighted by Gasteiger charge is -2.31. The molecule has 0 saturated heterocycles. The number of halogens is 1. The molecule has 25 heavy (non-hydrogen) atoms. The topological polar surface area (TPSA) is 47.4 Å². The Morgan fingerprint density at radius 1 is 1.40 bits per heavy atom. The number of nitrogens with zero attached hydrogens (tertiary/aromatic N) is 3. The van der Waals surface area contributed by atoms with E-state index in [0.717, 1.165) is 23.7 Å². The first-order valence-corrected chi connectivity index (χ1v) is 8.74. The van der Waals surface area contributed by atoms with E-state index in [1.54, 1.807) is 24.1 Å². The number of hydrogen-bond acceptors (Lipinski definition) is 3. The number of amides is 1. The molecule has 0 N–H and O–H groups in total. The van der Waals surface area contributed by atoms with Gasteiger partial charge in [0.15, 0.2) is 0 Å². The van der Waals surface area contributed by atoms with E-state index in [9.17, 15) is 9.18 Å². The number of benzene rings is 1. The highest BCUT2D eigenvalue weighted by molar-refractivity contribution is 5.94. The zero-order valence-corrected chi connectivity index (χ0v) is 14.3. The molecule has 1 aromatic heterocycles. The summed E-state index contributed by atoms with van der Waals surface area (Å²) in [4.78, 5) is 14.6. The minimum atomic E-state index is -0.394. The maximum Gasteiger partial charge on any atom is 0.254 e. The highest BCUT2D eigenvalue weighted by atomic mass is 19.1. The molecule has 0 bridgehead atoms. The minimum Gasteiger partial charge on any atom is -0.384 e. The van der Waals surface area contributed by atoms with Gasteiger partial charge >= 0.3 is 0 Å². The summed E-state index contributed by atoms with van der Waals surface area (Å²) in [5.41, 5.74) is 2.48. The molecule has 1 unspecified atom stereocenters. The van der Waals surface area contributed by atoms with Gasteiger partial charge in [0, 0.05) is 50.0 Å². The number of carbonyl (C=O) groups excluding carboxylic acids is 1. The molecule has 2 heterocycles. The summed E-state index contributed by atoms with van der Waals surface area (Å²) in [6, 6.07) is 5.86. The summed E-state index contributed by atoms with van der Waals surface area (Å²) in [6.45, 7) is 2.51. The van der Waals surface area contributed by atoms with Crippen LogP contribution in [0.15, 0.2) is 30.5 Å². The molecule has 6 heteroatoms. The Bertz CT molecular complexity index is 785. The molecule has 1 aliphatic heterocycles. The van der Waals surface area contributed by atoms with Gasteiger partial charge in [-0.25, -0.2) is 4.39 Å². The number of hydrogen-bond donors (Lipinski definition) is 0. The standard InChI is InChI=1S/C19H22FN3O2/c1-25-12-16-10-22(19(24)14-3-2-4-17(20)7-14)9-15-11-23(21-18(15)16)8-13-5-6-13/h2-4,7,11,13,16H,5-6,8-10,12H2,1H3. The molecule has 1 fully saturated rings. The van der Waals surface area contributed by atoms with Crippen molar-refractivity contribution in [2.75, 3.05) is 20.3 Å². The van der Waals surface area contributed by atoms with Crippen molar-refractivity contribution in [2.45, 2.75) is 31.8 Å². The smallest absolute Gasteiger partial charge is 0.254 e. The molecule has 1 amide bonds. The van der Waals surface area contributed by atoms with Gasteiger partial charge < -0.3 is 9.64 Å². The molecule has 2 aliphatic rings. The van der Waals surface area contributed by atoms with Crippen molar-refractivity contribution in [2.24, 2.45) is 5.92 Å². The van der Waals surface area contributed by atoms with E-state index in [4.69, 9.17) is 9.84 Å². The number of rotatable bonds is 5. The number of carbonyl (C=O) groups is 1. The second kappa shape index (κ2) is 6.59. The van der Waals surface area contributed by atoms with E-state index in [-0.39, 0.29) is 11.8 Å². The van der Waals surface area contributed by atoms with Gasteiger partial charge in [0.2, 0.25) is 0 Å². The fourth-order valence-corrected chi connectivity index (χ4v) is 3.52. The van der Waals surface area contributed by atoms with Crippen LogP contribution in [0.4, 0.5) is 4.39 Å². The SMILES string of the molecule is COCC1CN(C(=O)c2cccc(F)c2)Cc2cn(CC3CC3)nc21. The van der Waals surface area contributed by atoms with Crippen LogP contribution in [0.1, 0.15) is 40.4 Å². The predicted octanol–water partition coefficient (Wildman–Crippen LogP) is 2.82. The Morgan fingerprint density at radius 3 is 2.96 bits per heavy atom. The van der Waals surface area contributed by atoms with E-state index < -0.39 is 5.82 Å². The van der Waals surface area contributed by atoms with E-state index in [0.29, 0.717) is 25.3 Å². The Labute approximate surface area is 146 Å². The summed E-state index contributed by atoms with van der Waals surface area (Å²) in [6.07, 6.45) is 4.60. The van der Waals surface area contributed by atoms with Crippen LogP contribution >= 0.6 is 0 Å².